The van der Waals surface area contributed by atoms with Crippen LogP contribution in [0.3, 0.4) is 0 Å². The van der Waals surface area contributed by atoms with Gasteiger partial charge in [-0.15, -0.1) is 0 Å². The molecule has 1 aliphatic heterocycles. The fourth-order valence-corrected chi connectivity index (χ4v) is 2.54. The lowest BCUT2D eigenvalue weighted by Crippen LogP contribution is -2.39. The molecule has 0 amide bonds. The van der Waals surface area contributed by atoms with Gasteiger partial charge in [-0.2, -0.15) is 0 Å². The number of piperidine rings is 1. The third-order valence-electron chi connectivity index (χ3n) is 3.47. The number of carbonyl (C=O) groups is 1. The number of rotatable bonds is 4. The van der Waals surface area contributed by atoms with E-state index in [0.29, 0.717) is 13.2 Å². The molecule has 2 rings (SSSR count). The van der Waals surface area contributed by atoms with Gasteiger partial charge >= 0.3 is 5.97 Å². The summed E-state index contributed by atoms with van der Waals surface area (Å²) < 4.78 is 10.5. The normalized spacial score (nSPS) is 19.1. The zero-order valence-corrected chi connectivity index (χ0v) is 11.6. The molecule has 1 fully saturated rings. The molecule has 0 spiro atoms. The number of anilines is 1. The Morgan fingerprint density at radius 2 is 2.21 bits per heavy atom. The second-order valence-corrected chi connectivity index (χ2v) is 4.71. The van der Waals surface area contributed by atoms with Crippen molar-refractivity contribution in [3.63, 3.8) is 0 Å². The van der Waals surface area contributed by atoms with E-state index in [9.17, 15) is 4.79 Å². The third kappa shape index (κ3) is 3.19. The summed E-state index contributed by atoms with van der Waals surface area (Å²) in [5.74, 6) is 0.743. The summed E-state index contributed by atoms with van der Waals surface area (Å²) in [6.07, 6.45) is 1.91. The monoisotopic (exact) mass is 263 g/mol. The topological polar surface area (TPSA) is 38.8 Å². The van der Waals surface area contributed by atoms with Gasteiger partial charge in [0.1, 0.15) is 5.75 Å². The Labute approximate surface area is 114 Å². The van der Waals surface area contributed by atoms with E-state index in [1.165, 1.54) is 0 Å². The van der Waals surface area contributed by atoms with Gasteiger partial charge in [0.05, 0.1) is 25.3 Å². The number of para-hydroxylation sites is 2. The van der Waals surface area contributed by atoms with Crippen LogP contribution in [0.5, 0.6) is 5.75 Å². The highest BCUT2D eigenvalue weighted by atomic mass is 16.5. The lowest BCUT2D eigenvalue weighted by Gasteiger charge is -2.34. The fourth-order valence-electron chi connectivity index (χ4n) is 2.54. The first-order valence-corrected chi connectivity index (χ1v) is 6.80. The molecule has 0 radical (unpaired) electrons. The zero-order chi connectivity index (χ0) is 13.7. The van der Waals surface area contributed by atoms with Crippen LogP contribution in [-0.4, -0.2) is 32.8 Å². The molecule has 0 saturated carbocycles. The summed E-state index contributed by atoms with van der Waals surface area (Å²) >= 11 is 0. The number of ether oxygens (including phenoxy) is 2. The summed E-state index contributed by atoms with van der Waals surface area (Å²) in [5, 5.41) is 0. The SMILES string of the molecule is CCOC(=O)C1CCCN(c2ccccc2OC)C1. The summed E-state index contributed by atoms with van der Waals surface area (Å²) in [4.78, 5) is 14.1. The van der Waals surface area contributed by atoms with Gasteiger partial charge in [0.25, 0.3) is 0 Å². The average Bonchev–Trinajstić information content (AvgIpc) is 2.47. The first-order chi connectivity index (χ1) is 9.26. The maximum Gasteiger partial charge on any atom is 0.310 e. The second kappa shape index (κ2) is 6.45. The van der Waals surface area contributed by atoms with Crippen LogP contribution in [0.25, 0.3) is 0 Å². The zero-order valence-electron chi connectivity index (χ0n) is 11.6. The van der Waals surface area contributed by atoms with E-state index in [1.807, 2.05) is 31.2 Å². The van der Waals surface area contributed by atoms with Crippen LogP contribution in [0, 0.1) is 5.92 Å². The number of nitrogens with zero attached hydrogens (tertiary/aromatic N) is 1. The van der Waals surface area contributed by atoms with Gasteiger partial charge < -0.3 is 14.4 Å². The van der Waals surface area contributed by atoms with Crippen LogP contribution in [0.15, 0.2) is 24.3 Å². The fraction of sp³-hybridized carbons (Fsp3) is 0.533. The summed E-state index contributed by atoms with van der Waals surface area (Å²) in [7, 11) is 1.67. The van der Waals surface area contributed by atoms with E-state index < -0.39 is 0 Å². The number of hydrogen-bond acceptors (Lipinski definition) is 4. The van der Waals surface area contributed by atoms with Gasteiger partial charge in [-0.25, -0.2) is 0 Å². The maximum atomic E-state index is 11.8. The van der Waals surface area contributed by atoms with Crippen molar-refractivity contribution in [1.29, 1.82) is 0 Å². The van der Waals surface area contributed by atoms with Crippen molar-refractivity contribution in [2.24, 2.45) is 5.92 Å². The molecule has 1 unspecified atom stereocenters. The van der Waals surface area contributed by atoms with Crippen molar-refractivity contribution in [2.75, 3.05) is 31.7 Å². The van der Waals surface area contributed by atoms with Gasteiger partial charge in [-0.3, -0.25) is 4.79 Å². The van der Waals surface area contributed by atoms with Crippen molar-refractivity contribution < 1.29 is 14.3 Å². The number of benzene rings is 1. The Balaban J connectivity index is 2.10. The Morgan fingerprint density at radius 3 is 2.95 bits per heavy atom. The predicted molar refractivity (Wildman–Crippen MR) is 74.6 cm³/mol. The van der Waals surface area contributed by atoms with Gasteiger partial charge in [-0.1, -0.05) is 12.1 Å². The molecule has 1 aromatic carbocycles. The molecule has 104 valence electrons. The molecule has 4 nitrogen and oxygen atoms in total. The first kappa shape index (κ1) is 13.7. The van der Waals surface area contributed by atoms with Crippen molar-refractivity contribution in [3.8, 4) is 5.75 Å². The number of esters is 1. The summed E-state index contributed by atoms with van der Waals surface area (Å²) in [6, 6.07) is 7.93. The molecule has 4 heteroatoms. The Kier molecular flexibility index (Phi) is 4.66. The van der Waals surface area contributed by atoms with E-state index in [4.69, 9.17) is 9.47 Å². The lowest BCUT2D eigenvalue weighted by atomic mass is 9.97. The van der Waals surface area contributed by atoms with Gasteiger partial charge in [-0.05, 0) is 31.9 Å². The van der Waals surface area contributed by atoms with Crippen LogP contribution < -0.4 is 9.64 Å². The lowest BCUT2D eigenvalue weighted by molar-refractivity contribution is -0.148. The quantitative estimate of drug-likeness (QED) is 0.782. The highest BCUT2D eigenvalue weighted by Gasteiger charge is 2.27. The Bertz CT molecular complexity index is 433. The van der Waals surface area contributed by atoms with Crippen molar-refractivity contribution >= 4 is 11.7 Å². The molecular formula is C15H21NO3. The second-order valence-electron chi connectivity index (χ2n) is 4.71. The van der Waals surface area contributed by atoms with Crippen molar-refractivity contribution in [1.82, 2.24) is 0 Å². The Hall–Kier alpha value is -1.71. The van der Waals surface area contributed by atoms with Crippen molar-refractivity contribution in [2.45, 2.75) is 19.8 Å². The molecule has 1 aromatic rings. The molecule has 19 heavy (non-hydrogen) atoms. The van der Waals surface area contributed by atoms with Gasteiger partial charge in [0.15, 0.2) is 0 Å². The van der Waals surface area contributed by atoms with Crippen molar-refractivity contribution in [3.05, 3.63) is 24.3 Å². The molecule has 0 aromatic heterocycles. The molecule has 1 saturated heterocycles. The number of methoxy groups -OCH3 is 1. The largest absolute Gasteiger partial charge is 0.495 e. The molecule has 1 atom stereocenters. The minimum absolute atomic E-state index is 0.0291. The van der Waals surface area contributed by atoms with E-state index in [-0.39, 0.29) is 11.9 Å². The first-order valence-electron chi connectivity index (χ1n) is 6.80. The van der Waals surface area contributed by atoms with Crippen LogP contribution in [0.4, 0.5) is 5.69 Å². The minimum atomic E-state index is -0.0814. The highest BCUT2D eigenvalue weighted by Crippen LogP contribution is 2.31. The minimum Gasteiger partial charge on any atom is -0.495 e. The van der Waals surface area contributed by atoms with Crippen LogP contribution in [0.1, 0.15) is 19.8 Å². The van der Waals surface area contributed by atoms with Gasteiger partial charge in [0, 0.05) is 13.1 Å². The van der Waals surface area contributed by atoms with E-state index >= 15 is 0 Å². The molecule has 1 aliphatic rings. The van der Waals surface area contributed by atoms with E-state index in [2.05, 4.69) is 4.90 Å². The summed E-state index contributed by atoms with van der Waals surface area (Å²) in [6.45, 7) is 3.96. The number of hydrogen-bond donors (Lipinski definition) is 0. The van der Waals surface area contributed by atoms with Crippen LogP contribution in [0.2, 0.25) is 0 Å². The van der Waals surface area contributed by atoms with Crippen LogP contribution in [-0.2, 0) is 9.53 Å². The highest BCUT2D eigenvalue weighted by molar-refractivity contribution is 5.74. The predicted octanol–water partition coefficient (Wildman–Crippen LogP) is 2.47. The molecular weight excluding hydrogens is 242 g/mol. The Morgan fingerprint density at radius 1 is 1.42 bits per heavy atom. The van der Waals surface area contributed by atoms with Gasteiger partial charge in [0.2, 0.25) is 0 Å². The average molecular weight is 263 g/mol. The molecule has 0 bridgehead atoms. The number of carbonyl (C=O) groups excluding carboxylic acids is 1. The maximum absolute atomic E-state index is 11.8. The van der Waals surface area contributed by atoms with E-state index in [0.717, 1.165) is 30.8 Å². The smallest absolute Gasteiger partial charge is 0.310 e. The molecule has 1 heterocycles. The standard InChI is InChI=1S/C15H21NO3/c1-3-19-15(17)12-7-6-10-16(11-12)13-8-4-5-9-14(13)18-2/h4-5,8-9,12H,3,6-7,10-11H2,1-2H3. The van der Waals surface area contributed by atoms with Crippen LogP contribution >= 0.6 is 0 Å². The molecule has 0 aliphatic carbocycles. The van der Waals surface area contributed by atoms with E-state index in [1.54, 1.807) is 7.11 Å². The summed E-state index contributed by atoms with van der Waals surface area (Å²) in [5.41, 5.74) is 1.05. The molecule has 0 N–H and O–H groups in total. The third-order valence-corrected chi connectivity index (χ3v) is 3.47.